The van der Waals surface area contributed by atoms with Crippen molar-refractivity contribution in [2.75, 3.05) is 19.0 Å². The van der Waals surface area contributed by atoms with E-state index in [1.165, 1.54) is 0 Å². The lowest BCUT2D eigenvalue weighted by Crippen LogP contribution is -2.26. The SMILES string of the molecule is CCCc1nn(C)c(NC(CCC)COC)c1[N+](=O)[O-]. The van der Waals surface area contributed by atoms with Gasteiger partial charge >= 0.3 is 5.69 Å². The van der Waals surface area contributed by atoms with Gasteiger partial charge in [-0.2, -0.15) is 5.10 Å². The lowest BCUT2D eigenvalue weighted by Gasteiger charge is -2.17. The predicted octanol–water partition coefficient (Wildman–Crippen LogP) is 2.51. The summed E-state index contributed by atoms with van der Waals surface area (Å²) >= 11 is 0. The summed E-state index contributed by atoms with van der Waals surface area (Å²) in [6.45, 7) is 4.57. The third kappa shape index (κ3) is 3.93. The third-order valence-corrected chi connectivity index (χ3v) is 3.11. The van der Waals surface area contributed by atoms with E-state index in [9.17, 15) is 10.1 Å². The molecule has 0 spiro atoms. The zero-order valence-corrected chi connectivity index (χ0v) is 12.7. The van der Waals surface area contributed by atoms with Crippen molar-refractivity contribution in [2.24, 2.45) is 7.05 Å². The highest BCUT2D eigenvalue weighted by Crippen LogP contribution is 2.29. The molecule has 1 unspecified atom stereocenters. The quantitative estimate of drug-likeness (QED) is 0.556. The number of hydrogen-bond acceptors (Lipinski definition) is 5. The highest BCUT2D eigenvalue weighted by molar-refractivity contribution is 5.60. The molecule has 20 heavy (non-hydrogen) atoms. The van der Waals surface area contributed by atoms with Gasteiger partial charge in [-0.3, -0.25) is 10.1 Å². The van der Waals surface area contributed by atoms with E-state index in [2.05, 4.69) is 17.3 Å². The molecule has 7 heteroatoms. The van der Waals surface area contributed by atoms with Crippen LogP contribution in [0.4, 0.5) is 11.5 Å². The summed E-state index contributed by atoms with van der Waals surface area (Å²) in [6, 6.07) is 0.0496. The van der Waals surface area contributed by atoms with Crippen molar-refractivity contribution in [3.63, 3.8) is 0 Å². The van der Waals surface area contributed by atoms with Crippen molar-refractivity contribution in [1.82, 2.24) is 9.78 Å². The van der Waals surface area contributed by atoms with Gasteiger partial charge in [-0.1, -0.05) is 26.7 Å². The molecule has 0 amide bonds. The number of aryl methyl sites for hydroxylation is 2. The highest BCUT2D eigenvalue weighted by Gasteiger charge is 2.27. The van der Waals surface area contributed by atoms with Gasteiger partial charge in [0.25, 0.3) is 0 Å². The molecule has 0 fully saturated rings. The van der Waals surface area contributed by atoms with E-state index in [-0.39, 0.29) is 16.7 Å². The van der Waals surface area contributed by atoms with Crippen LogP contribution in [0.1, 0.15) is 38.8 Å². The Hall–Kier alpha value is -1.63. The molecule has 0 aliphatic rings. The Bertz CT molecular complexity index is 439. The molecule has 7 nitrogen and oxygen atoms in total. The lowest BCUT2D eigenvalue weighted by atomic mass is 10.1. The van der Waals surface area contributed by atoms with Gasteiger partial charge in [0.15, 0.2) is 0 Å². The molecule has 0 aromatic carbocycles. The molecule has 1 heterocycles. The molecule has 1 rings (SSSR count). The molecule has 0 radical (unpaired) electrons. The molecule has 1 aromatic heterocycles. The maximum absolute atomic E-state index is 11.3. The molecule has 1 atom stereocenters. The second-order valence-electron chi connectivity index (χ2n) is 4.86. The van der Waals surface area contributed by atoms with Crippen molar-refractivity contribution in [1.29, 1.82) is 0 Å². The van der Waals surface area contributed by atoms with E-state index >= 15 is 0 Å². The zero-order valence-electron chi connectivity index (χ0n) is 12.7. The van der Waals surface area contributed by atoms with Crippen LogP contribution in [0.2, 0.25) is 0 Å². The van der Waals surface area contributed by atoms with E-state index in [0.717, 1.165) is 19.3 Å². The van der Waals surface area contributed by atoms with Crippen LogP contribution in [0, 0.1) is 10.1 Å². The summed E-state index contributed by atoms with van der Waals surface area (Å²) in [5.41, 5.74) is 0.627. The van der Waals surface area contributed by atoms with Crippen LogP contribution < -0.4 is 5.32 Å². The van der Waals surface area contributed by atoms with E-state index in [0.29, 0.717) is 24.5 Å². The summed E-state index contributed by atoms with van der Waals surface area (Å²) in [5.74, 6) is 0.467. The molecule has 0 bridgehead atoms. The van der Waals surface area contributed by atoms with Gasteiger partial charge in [0.2, 0.25) is 5.82 Å². The molecule has 1 N–H and O–H groups in total. The number of nitrogens with one attached hydrogen (secondary N) is 1. The first-order valence-corrected chi connectivity index (χ1v) is 7.00. The van der Waals surface area contributed by atoms with Crippen LogP contribution in [0.3, 0.4) is 0 Å². The molecular formula is C13H24N4O3. The molecule has 114 valence electrons. The summed E-state index contributed by atoms with van der Waals surface area (Å²) in [5, 5.41) is 18.8. The summed E-state index contributed by atoms with van der Waals surface area (Å²) in [4.78, 5) is 11.0. The van der Waals surface area contributed by atoms with E-state index in [1.54, 1.807) is 18.8 Å². The van der Waals surface area contributed by atoms with Crippen molar-refractivity contribution in [3.8, 4) is 0 Å². The van der Waals surface area contributed by atoms with Crippen molar-refractivity contribution >= 4 is 11.5 Å². The van der Waals surface area contributed by atoms with Gasteiger partial charge in [0, 0.05) is 14.2 Å². The van der Waals surface area contributed by atoms with E-state index in [1.807, 2.05) is 6.92 Å². The Kier molecular flexibility index (Phi) is 6.44. The van der Waals surface area contributed by atoms with Gasteiger partial charge < -0.3 is 10.1 Å². The maximum Gasteiger partial charge on any atom is 0.334 e. The zero-order chi connectivity index (χ0) is 15.1. The first-order chi connectivity index (χ1) is 9.54. The van der Waals surface area contributed by atoms with Crippen molar-refractivity contribution in [3.05, 3.63) is 15.8 Å². The number of nitrogens with zero attached hydrogens (tertiary/aromatic N) is 3. The molecular weight excluding hydrogens is 260 g/mol. The number of anilines is 1. The maximum atomic E-state index is 11.3. The number of hydrogen-bond donors (Lipinski definition) is 1. The summed E-state index contributed by atoms with van der Waals surface area (Å²) in [7, 11) is 3.36. The van der Waals surface area contributed by atoms with E-state index in [4.69, 9.17) is 4.74 Å². The minimum atomic E-state index is -0.351. The standard InChI is InChI=1S/C13H24N4O3/c1-5-7-10(9-20-4)14-13-12(17(18)19)11(8-6-2)15-16(13)3/h10,14H,5-9H2,1-4H3. The first kappa shape index (κ1) is 16.4. The minimum absolute atomic E-state index is 0.0496. The van der Waals surface area contributed by atoms with Crippen LogP contribution in [0.5, 0.6) is 0 Å². The van der Waals surface area contributed by atoms with Crippen LogP contribution in [-0.2, 0) is 18.2 Å². The second-order valence-corrected chi connectivity index (χ2v) is 4.86. The molecule has 0 aliphatic heterocycles. The van der Waals surface area contributed by atoms with Crippen molar-refractivity contribution in [2.45, 2.75) is 45.6 Å². The molecule has 0 aliphatic carbocycles. The van der Waals surface area contributed by atoms with Gasteiger partial charge in [-0.25, -0.2) is 4.68 Å². The Morgan fingerprint density at radius 1 is 1.45 bits per heavy atom. The van der Waals surface area contributed by atoms with Gasteiger partial charge in [0.1, 0.15) is 5.69 Å². The van der Waals surface area contributed by atoms with Crippen molar-refractivity contribution < 1.29 is 9.66 Å². The average molecular weight is 284 g/mol. The number of rotatable bonds is 9. The first-order valence-electron chi connectivity index (χ1n) is 7.00. The Labute approximate surface area is 119 Å². The van der Waals surface area contributed by atoms with Gasteiger partial charge in [0.05, 0.1) is 17.6 Å². The number of ether oxygens (including phenoxy) is 1. The Balaban J connectivity index is 3.05. The third-order valence-electron chi connectivity index (χ3n) is 3.11. The summed E-state index contributed by atoms with van der Waals surface area (Å²) in [6.07, 6.45) is 3.30. The van der Waals surface area contributed by atoms with E-state index < -0.39 is 0 Å². The largest absolute Gasteiger partial charge is 0.383 e. The Morgan fingerprint density at radius 2 is 2.15 bits per heavy atom. The smallest absolute Gasteiger partial charge is 0.334 e. The Morgan fingerprint density at radius 3 is 2.65 bits per heavy atom. The average Bonchev–Trinajstić information content (AvgIpc) is 2.67. The molecule has 0 saturated carbocycles. The minimum Gasteiger partial charge on any atom is -0.383 e. The number of methoxy groups -OCH3 is 1. The fourth-order valence-electron chi connectivity index (χ4n) is 2.27. The second kappa shape index (κ2) is 7.84. The van der Waals surface area contributed by atoms with Crippen LogP contribution in [-0.4, -0.2) is 34.5 Å². The van der Waals surface area contributed by atoms with Gasteiger partial charge in [-0.15, -0.1) is 0 Å². The topological polar surface area (TPSA) is 82.2 Å². The van der Waals surface area contributed by atoms with Crippen LogP contribution in [0.25, 0.3) is 0 Å². The number of aromatic nitrogens is 2. The fraction of sp³-hybridized carbons (Fsp3) is 0.769. The number of nitro groups is 1. The lowest BCUT2D eigenvalue weighted by molar-refractivity contribution is -0.384. The normalized spacial score (nSPS) is 12.4. The monoisotopic (exact) mass is 284 g/mol. The summed E-state index contributed by atoms with van der Waals surface area (Å²) < 4.78 is 6.72. The van der Waals surface area contributed by atoms with Gasteiger partial charge in [-0.05, 0) is 12.8 Å². The highest BCUT2D eigenvalue weighted by atomic mass is 16.6. The van der Waals surface area contributed by atoms with Crippen LogP contribution >= 0.6 is 0 Å². The molecule has 1 aromatic rings. The molecule has 0 saturated heterocycles. The fourth-order valence-corrected chi connectivity index (χ4v) is 2.27. The predicted molar refractivity (Wildman–Crippen MR) is 78.1 cm³/mol. The van der Waals surface area contributed by atoms with Crippen LogP contribution in [0.15, 0.2) is 0 Å².